The van der Waals surface area contributed by atoms with Gasteiger partial charge in [0.15, 0.2) is 6.04 Å². The Balaban J connectivity index is 1.81. The predicted octanol–water partition coefficient (Wildman–Crippen LogP) is 0.137. The lowest BCUT2D eigenvalue weighted by Crippen LogP contribution is -3.19. The molecule has 3 amide bonds. The molecule has 2 rings (SSSR count). The summed E-state index contributed by atoms with van der Waals surface area (Å²) in [6, 6.07) is 7.24. The Morgan fingerprint density at radius 2 is 1.82 bits per heavy atom. The number of amides is 3. The minimum absolute atomic E-state index is 0.000714. The first-order valence-corrected chi connectivity index (χ1v) is 9.69. The predicted molar refractivity (Wildman–Crippen MR) is 106 cm³/mol. The topological polar surface area (TPSA) is 83.4 Å². The smallest absolute Gasteiger partial charge is 0.410 e. The summed E-state index contributed by atoms with van der Waals surface area (Å²) < 4.78 is 5.02. The first-order chi connectivity index (χ1) is 13.3. The van der Waals surface area contributed by atoms with Gasteiger partial charge in [0.2, 0.25) is 5.91 Å². The van der Waals surface area contributed by atoms with Gasteiger partial charge < -0.3 is 19.9 Å². The van der Waals surface area contributed by atoms with E-state index in [0.29, 0.717) is 38.5 Å². The highest BCUT2D eigenvalue weighted by Gasteiger charge is 2.33. The molecule has 1 aromatic carbocycles. The molecule has 1 heterocycles. The molecule has 154 valence electrons. The van der Waals surface area contributed by atoms with Crippen molar-refractivity contribution in [2.75, 3.05) is 51.7 Å². The summed E-state index contributed by atoms with van der Waals surface area (Å²) in [5.41, 5.74) is 1.83. The quantitative estimate of drug-likeness (QED) is 0.723. The van der Waals surface area contributed by atoms with Gasteiger partial charge in [-0.15, -0.1) is 0 Å². The van der Waals surface area contributed by atoms with Crippen LogP contribution in [0.4, 0.5) is 10.5 Å². The van der Waals surface area contributed by atoms with Crippen molar-refractivity contribution in [2.45, 2.75) is 26.8 Å². The van der Waals surface area contributed by atoms with Crippen LogP contribution in [0.3, 0.4) is 0 Å². The third-order valence-electron chi connectivity index (χ3n) is 5.01. The average Bonchev–Trinajstić information content (AvgIpc) is 2.68. The molecular weight excluding hydrogens is 360 g/mol. The molecule has 0 unspecified atom stereocenters. The van der Waals surface area contributed by atoms with Gasteiger partial charge in [-0.2, -0.15) is 0 Å². The number of hydrogen-bond donors (Lipinski definition) is 2. The van der Waals surface area contributed by atoms with Gasteiger partial charge in [0.1, 0.15) is 0 Å². The van der Waals surface area contributed by atoms with Crippen molar-refractivity contribution in [3.05, 3.63) is 29.8 Å². The number of nitrogens with one attached hydrogen (secondary N) is 2. The first kappa shape index (κ1) is 21.7. The van der Waals surface area contributed by atoms with Crippen molar-refractivity contribution in [1.29, 1.82) is 0 Å². The van der Waals surface area contributed by atoms with Gasteiger partial charge in [0.05, 0.1) is 39.3 Å². The molecule has 0 spiro atoms. The summed E-state index contributed by atoms with van der Waals surface area (Å²) in [6.45, 7) is 8.46. The lowest BCUT2D eigenvalue weighted by Gasteiger charge is -2.35. The van der Waals surface area contributed by atoms with Gasteiger partial charge in [-0.1, -0.05) is 17.7 Å². The maximum atomic E-state index is 12.7. The van der Waals surface area contributed by atoms with Crippen LogP contribution in [-0.2, 0) is 14.3 Å². The highest BCUT2D eigenvalue weighted by molar-refractivity contribution is 5.94. The standard InChI is InChI=1S/C20H30N4O4/c1-5-28-20(27)24-12-10-23(11-13-24)16(3)19(26)22(4)14-18(25)21-17-8-6-15(2)7-9-17/h6-9,16H,5,10-14H2,1-4H3,(H,21,25)/p+1/t16-/m0/s1. The molecule has 0 saturated carbocycles. The molecule has 0 aromatic heterocycles. The third-order valence-corrected chi connectivity index (χ3v) is 5.01. The number of anilines is 1. The number of benzene rings is 1. The van der Waals surface area contributed by atoms with Gasteiger partial charge in [-0.25, -0.2) is 4.79 Å². The number of likely N-dealkylation sites (N-methyl/N-ethyl adjacent to an activating group) is 1. The summed E-state index contributed by atoms with van der Waals surface area (Å²) in [6.07, 6.45) is -0.301. The maximum Gasteiger partial charge on any atom is 0.410 e. The van der Waals surface area contributed by atoms with E-state index < -0.39 is 0 Å². The van der Waals surface area contributed by atoms with Crippen molar-refractivity contribution in [3.63, 3.8) is 0 Å². The Hall–Kier alpha value is -2.61. The Morgan fingerprint density at radius 3 is 2.39 bits per heavy atom. The van der Waals surface area contributed by atoms with E-state index in [2.05, 4.69) is 5.32 Å². The molecule has 1 atom stereocenters. The van der Waals surface area contributed by atoms with Gasteiger partial charge in [0, 0.05) is 12.7 Å². The van der Waals surface area contributed by atoms with E-state index in [9.17, 15) is 14.4 Å². The monoisotopic (exact) mass is 391 g/mol. The van der Waals surface area contributed by atoms with Crippen molar-refractivity contribution in [3.8, 4) is 0 Å². The molecule has 28 heavy (non-hydrogen) atoms. The fourth-order valence-corrected chi connectivity index (χ4v) is 3.26. The van der Waals surface area contributed by atoms with Crippen LogP contribution in [0.1, 0.15) is 19.4 Å². The molecule has 0 bridgehead atoms. The maximum absolute atomic E-state index is 12.7. The van der Waals surface area contributed by atoms with Crippen LogP contribution in [0.25, 0.3) is 0 Å². The number of ether oxygens (including phenoxy) is 1. The van der Waals surface area contributed by atoms with Crippen LogP contribution in [0.15, 0.2) is 24.3 Å². The lowest BCUT2D eigenvalue weighted by molar-refractivity contribution is -0.918. The van der Waals surface area contributed by atoms with E-state index in [0.717, 1.165) is 10.5 Å². The van der Waals surface area contributed by atoms with E-state index in [1.54, 1.807) is 18.9 Å². The normalized spacial score (nSPS) is 15.6. The Labute approximate surface area is 166 Å². The number of carbonyl (C=O) groups is 3. The molecular formula is C20H31N4O4+. The second kappa shape index (κ2) is 10.1. The van der Waals surface area contributed by atoms with Crippen LogP contribution < -0.4 is 10.2 Å². The molecule has 1 saturated heterocycles. The number of rotatable bonds is 6. The molecule has 2 N–H and O–H groups in total. The number of carbonyl (C=O) groups excluding carboxylic acids is 3. The highest BCUT2D eigenvalue weighted by Crippen LogP contribution is 2.08. The van der Waals surface area contributed by atoms with Crippen molar-refractivity contribution in [1.82, 2.24) is 9.80 Å². The molecule has 0 radical (unpaired) electrons. The molecule has 8 heteroatoms. The summed E-state index contributed by atoms with van der Waals surface area (Å²) in [4.78, 5) is 40.9. The summed E-state index contributed by atoms with van der Waals surface area (Å²) in [5.74, 6) is -0.312. The number of nitrogens with zero attached hydrogens (tertiary/aromatic N) is 2. The number of quaternary nitrogens is 1. The Kier molecular flexibility index (Phi) is 7.80. The van der Waals surface area contributed by atoms with E-state index in [-0.39, 0.29) is 30.5 Å². The van der Waals surface area contributed by atoms with Gasteiger partial charge in [0.25, 0.3) is 5.91 Å². The van der Waals surface area contributed by atoms with E-state index in [1.165, 1.54) is 4.90 Å². The average molecular weight is 391 g/mol. The Bertz CT molecular complexity index is 684. The highest BCUT2D eigenvalue weighted by atomic mass is 16.6. The summed E-state index contributed by atoms with van der Waals surface area (Å²) in [5, 5.41) is 2.81. The van der Waals surface area contributed by atoms with Gasteiger partial charge in [-0.05, 0) is 32.9 Å². The molecule has 1 aliphatic heterocycles. The van der Waals surface area contributed by atoms with Crippen LogP contribution in [0.2, 0.25) is 0 Å². The van der Waals surface area contributed by atoms with Crippen molar-refractivity contribution in [2.24, 2.45) is 0 Å². The minimum Gasteiger partial charge on any atom is -0.450 e. The summed E-state index contributed by atoms with van der Waals surface area (Å²) >= 11 is 0. The molecule has 1 aromatic rings. The van der Waals surface area contributed by atoms with Crippen molar-refractivity contribution < 1.29 is 24.0 Å². The van der Waals surface area contributed by atoms with Gasteiger partial charge in [-0.3, -0.25) is 14.5 Å². The zero-order valence-electron chi connectivity index (χ0n) is 17.2. The van der Waals surface area contributed by atoms with Crippen LogP contribution in [0.5, 0.6) is 0 Å². The van der Waals surface area contributed by atoms with Crippen LogP contribution in [-0.4, -0.2) is 80.1 Å². The second-order valence-electron chi connectivity index (χ2n) is 7.17. The van der Waals surface area contributed by atoms with E-state index >= 15 is 0 Å². The SMILES string of the molecule is CCOC(=O)N1CC[NH+]([C@@H](C)C(=O)N(C)CC(=O)Nc2ccc(C)cc2)CC1. The zero-order valence-corrected chi connectivity index (χ0v) is 17.2. The second-order valence-corrected chi connectivity index (χ2v) is 7.17. The molecule has 8 nitrogen and oxygen atoms in total. The number of piperazine rings is 1. The van der Waals surface area contributed by atoms with E-state index in [4.69, 9.17) is 4.74 Å². The third kappa shape index (κ3) is 5.95. The summed E-state index contributed by atoms with van der Waals surface area (Å²) in [7, 11) is 1.64. The number of hydrogen-bond acceptors (Lipinski definition) is 4. The largest absolute Gasteiger partial charge is 0.450 e. The number of aryl methyl sites for hydroxylation is 1. The van der Waals surface area contributed by atoms with Gasteiger partial charge >= 0.3 is 6.09 Å². The fraction of sp³-hybridized carbons (Fsp3) is 0.550. The van der Waals surface area contributed by atoms with E-state index in [1.807, 2.05) is 38.1 Å². The minimum atomic E-state index is -0.301. The lowest BCUT2D eigenvalue weighted by atomic mass is 10.2. The Morgan fingerprint density at radius 1 is 1.21 bits per heavy atom. The zero-order chi connectivity index (χ0) is 20.7. The molecule has 1 fully saturated rings. The van der Waals surface area contributed by atoms with Crippen molar-refractivity contribution >= 4 is 23.6 Å². The van der Waals surface area contributed by atoms with Crippen LogP contribution in [0, 0.1) is 6.92 Å². The first-order valence-electron chi connectivity index (χ1n) is 9.69. The molecule has 1 aliphatic rings. The molecule has 0 aliphatic carbocycles. The fourth-order valence-electron chi connectivity index (χ4n) is 3.26. The van der Waals surface area contributed by atoms with Crippen LogP contribution >= 0.6 is 0 Å².